The van der Waals surface area contributed by atoms with Crippen molar-refractivity contribution < 1.29 is 27.8 Å². The molecule has 4 heterocycles. The fourth-order valence-electron chi connectivity index (χ4n) is 7.54. The van der Waals surface area contributed by atoms with Gasteiger partial charge < -0.3 is 19.1 Å². The molecule has 250 valence electrons. The Bertz CT molecular complexity index is 1470. The number of hydrogen-bond donors (Lipinski definition) is 0. The first-order valence-electron chi connectivity index (χ1n) is 16.8. The number of benzene rings is 2. The molecule has 47 heavy (non-hydrogen) atoms. The number of alkyl halides is 2. The highest BCUT2D eigenvalue weighted by molar-refractivity contribution is 5.81. The van der Waals surface area contributed by atoms with Crippen LogP contribution in [0.15, 0.2) is 60.7 Å². The molecule has 4 fully saturated rings. The molecule has 1 amide bonds. The summed E-state index contributed by atoms with van der Waals surface area (Å²) in [5, 5.41) is 0. The Balaban J connectivity index is 1.24. The number of carbonyl (C=O) groups excluding carboxylic acids is 1. The number of fused-ring (bicyclic) bond motifs is 1. The summed E-state index contributed by atoms with van der Waals surface area (Å²) in [6, 6.07) is 21.3. The summed E-state index contributed by atoms with van der Waals surface area (Å²) in [4.78, 5) is 29.8. The highest BCUT2D eigenvalue weighted by Gasteiger charge is 2.44. The summed E-state index contributed by atoms with van der Waals surface area (Å²) in [7, 11) is 1.55. The number of rotatable bonds is 11. The maximum atomic E-state index is 13.5. The first-order chi connectivity index (χ1) is 23.0. The summed E-state index contributed by atoms with van der Waals surface area (Å²) in [6.07, 6.45) is 0.603. The van der Waals surface area contributed by atoms with Crippen molar-refractivity contribution in [1.29, 1.82) is 0 Å². The summed E-state index contributed by atoms with van der Waals surface area (Å²) >= 11 is 0. The number of aromatic nitrogens is 2. The molecule has 3 aliphatic heterocycles. The minimum Gasteiger partial charge on any atom is -0.481 e. The third kappa shape index (κ3) is 7.12. The van der Waals surface area contributed by atoms with Gasteiger partial charge in [-0.3, -0.25) is 14.6 Å². The minimum atomic E-state index is -2.63. The lowest BCUT2D eigenvalue weighted by Crippen LogP contribution is -2.67. The molecule has 0 spiro atoms. The average Bonchev–Trinajstić information content (AvgIpc) is 3.81. The summed E-state index contributed by atoms with van der Waals surface area (Å²) < 4.78 is 43.9. The third-order valence-corrected chi connectivity index (χ3v) is 9.90. The number of piperazine rings is 2. The largest absolute Gasteiger partial charge is 0.481 e. The maximum absolute atomic E-state index is 13.5. The second kappa shape index (κ2) is 14.2. The second-order valence-corrected chi connectivity index (χ2v) is 13.1. The lowest BCUT2D eigenvalue weighted by molar-refractivity contribution is -0.146. The van der Waals surface area contributed by atoms with Gasteiger partial charge in [0, 0.05) is 69.8 Å². The van der Waals surface area contributed by atoms with Crippen LogP contribution in [0.3, 0.4) is 0 Å². The van der Waals surface area contributed by atoms with Crippen molar-refractivity contribution in [2.24, 2.45) is 0 Å². The number of amides is 1. The second-order valence-electron chi connectivity index (χ2n) is 13.1. The predicted octanol–water partition coefficient (Wildman–Crippen LogP) is 4.71. The van der Waals surface area contributed by atoms with Crippen LogP contribution < -0.4 is 9.47 Å². The van der Waals surface area contributed by atoms with Crippen molar-refractivity contribution in [2.75, 3.05) is 53.0 Å². The van der Waals surface area contributed by atoms with E-state index in [4.69, 9.17) is 19.2 Å². The number of nitrogens with zero attached hydrogens (tertiary/aromatic N) is 5. The van der Waals surface area contributed by atoms with Crippen molar-refractivity contribution in [3.8, 4) is 11.8 Å². The molecule has 9 nitrogen and oxygen atoms in total. The SMILES string of the molecule is COc1nc(C2CC2)nc(OCC(F)F)c1CN1CC(C(c2ccccc2)c2ccccc2)N2CCN(C(=O)[C@H]3CCCO3)C[C@H]2C1. The Morgan fingerprint density at radius 2 is 1.64 bits per heavy atom. The number of halogens is 2. The van der Waals surface area contributed by atoms with Gasteiger partial charge in [-0.05, 0) is 36.8 Å². The van der Waals surface area contributed by atoms with E-state index in [2.05, 4.69) is 63.3 Å². The van der Waals surface area contributed by atoms with Crippen molar-refractivity contribution >= 4 is 5.91 Å². The molecule has 1 aromatic heterocycles. The van der Waals surface area contributed by atoms with E-state index >= 15 is 0 Å². The zero-order chi connectivity index (χ0) is 32.3. The van der Waals surface area contributed by atoms with Crippen LogP contribution in [-0.2, 0) is 16.1 Å². The molecule has 0 N–H and O–H groups in total. The van der Waals surface area contributed by atoms with Crippen molar-refractivity contribution in [1.82, 2.24) is 24.7 Å². The molecular formula is C36H43F2N5O4. The number of carbonyl (C=O) groups is 1. The van der Waals surface area contributed by atoms with Gasteiger partial charge in [0.1, 0.15) is 11.9 Å². The van der Waals surface area contributed by atoms with Gasteiger partial charge >= 0.3 is 0 Å². The van der Waals surface area contributed by atoms with E-state index in [1.807, 2.05) is 17.0 Å². The maximum Gasteiger partial charge on any atom is 0.272 e. The van der Waals surface area contributed by atoms with Crippen LogP contribution >= 0.6 is 0 Å². The molecule has 2 aromatic carbocycles. The molecule has 0 radical (unpaired) electrons. The van der Waals surface area contributed by atoms with Gasteiger partial charge in [0.15, 0.2) is 6.61 Å². The van der Waals surface area contributed by atoms with E-state index in [0.29, 0.717) is 56.6 Å². The lowest BCUT2D eigenvalue weighted by Gasteiger charge is -2.53. The fourth-order valence-corrected chi connectivity index (χ4v) is 7.54. The van der Waals surface area contributed by atoms with E-state index in [1.54, 1.807) is 7.11 Å². The van der Waals surface area contributed by atoms with Gasteiger partial charge in [-0.2, -0.15) is 9.97 Å². The fraction of sp³-hybridized carbons (Fsp3) is 0.528. The molecule has 3 aromatic rings. The highest BCUT2D eigenvalue weighted by atomic mass is 19.3. The van der Waals surface area contributed by atoms with E-state index in [0.717, 1.165) is 32.2 Å². The Labute approximate surface area is 274 Å². The number of methoxy groups -OCH3 is 1. The van der Waals surface area contributed by atoms with Crippen LogP contribution in [0, 0.1) is 0 Å². The molecular weight excluding hydrogens is 604 g/mol. The monoisotopic (exact) mass is 647 g/mol. The van der Waals surface area contributed by atoms with Crippen LogP contribution in [-0.4, -0.2) is 108 Å². The number of ether oxygens (including phenoxy) is 3. The van der Waals surface area contributed by atoms with Crippen LogP contribution in [0.2, 0.25) is 0 Å². The molecule has 7 rings (SSSR count). The predicted molar refractivity (Wildman–Crippen MR) is 172 cm³/mol. The molecule has 1 unspecified atom stereocenters. The van der Waals surface area contributed by atoms with Gasteiger partial charge in [-0.15, -0.1) is 0 Å². The van der Waals surface area contributed by atoms with Crippen LogP contribution in [0.4, 0.5) is 8.78 Å². The molecule has 3 atom stereocenters. The third-order valence-electron chi connectivity index (χ3n) is 9.90. The van der Waals surface area contributed by atoms with Gasteiger partial charge in [-0.25, -0.2) is 8.78 Å². The first-order valence-corrected chi connectivity index (χ1v) is 16.8. The molecule has 1 aliphatic carbocycles. The van der Waals surface area contributed by atoms with Crippen LogP contribution in [0.25, 0.3) is 0 Å². The molecule has 0 bridgehead atoms. The van der Waals surface area contributed by atoms with E-state index in [1.165, 1.54) is 11.1 Å². The Morgan fingerprint density at radius 3 is 2.26 bits per heavy atom. The number of hydrogen-bond acceptors (Lipinski definition) is 8. The van der Waals surface area contributed by atoms with Gasteiger partial charge in [-0.1, -0.05) is 60.7 Å². The topological polar surface area (TPSA) is 80.3 Å². The Kier molecular flexibility index (Phi) is 9.65. The molecule has 11 heteroatoms. The normalized spacial score (nSPS) is 23.7. The van der Waals surface area contributed by atoms with Gasteiger partial charge in [0.05, 0.1) is 12.7 Å². The standard InChI is InChI=1S/C36H43F2N5O4/c1-45-34-28(35(47-23-31(37)38)40-33(39-34)26-14-15-26)21-41-19-27-20-42(36(44)30-13-8-18-46-30)16-17-43(27)29(22-41)32(24-9-4-2-5-10-24)25-11-6-3-7-12-25/h2-7,9-12,26-27,29-32H,8,13-23H2,1H3/t27-,29?,30-/m1/s1. The van der Waals surface area contributed by atoms with E-state index in [-0.39, 0.29) is 41.8 Å². The highest BCUT2D eigenvalue weighted by Crippen LogP contribution is 2.42. The molecule has 1 saturated carbocycles. The first kappa shape index (κ1) is 31.9. The van der Waals surface area contributed by atoms with E-state index < -0.39 is 13.0 Å². The lowest BCUT2D eigenvalue weighted by atomic mass is 9.81. The Hall–Kier alpha value is -3.67. The van der Waals surface area contributed by atoms with Crippen LogP contribution in [0.5, 0.6) is 11.8 Å². The zero-order valence-corrected chi connectivity index (χ0v) is 26.8. The summed E-state index contributed by atoms with van der Waals surface area (Å²) in [5.41, 5.74) is 3.01. The average molecular weight is 648 g/mol. The molecule has 4 aliphatic rings. The minimum absolute atomic E-state index is 0.0471. The summed E-state index contributed by atoms with van der Waals surface area (Å²) in [6.45, 7) is 3.61. The Morgan fingerprint density at radius 1 is 0.936 bits per heavy atom. The van der Waals surface area contributed by atoms with Crippen LogP contribution in [0.1, 0.15) is 60.0 Å². The van der Waals surface area contributed by atoms with Gasteiger partial charge in [0.25, 0.3) is 12.3 Å². The van der Waals surface area contributed by atoms with Crippen molar-refractivity contribution in [3.63, 3.8) is 0 Å². The van der Waals surface area contributed by atoms with Crippen molar-refractivity contribution in [2.45, 2.75) is 68.7 Å². The van der Waals surface area contributed by atoms with E-state index in [9.17, 15) is 13.6 Å². The molecule has 3 saturated heterocycles. The smallest absolute Gasteiger partial charge is 0.272 e. The van der Waals surface area contributed by atoms with Crippen molar-refractivity contribution in [3.05, 3.63) is 83.2 Å². The van der Waals surface area contributed by atoms with Gasteiger partial charge in [0.2, 0.25) is 11.8 Å². The zero-order valence-electron chi connectivity index (χ0n) is 26.8. The quantitative estimate of drug-likeness (QED) is 0.296. The summed E-state index contributed by atoms with van der Waals surface area (Å²) in [5.74, 6) is 1.46.